The zero-order chi connectivity index (χ0) is 16.1. The average molecular weight is 320 g/mol. The van der Waals surface area contributed by atoms with Crippen LogP contribution < -0.4 is 5.32 Å². The number of nitrogens with zero attached hydrogens (tertiary/aromatic N) is 1. The van der Waals surface area contributed by atoms with Crippen molar-refractivity contribution in [3.05, 3.63) is 35.9 Å². The SMILES string of the molecule is CNCC1CN(C(=O)OCc2ccccc2)CCC12OCCO2. The third kappa shape index (κ3) is 3.65. The van der Waals surface area contributed by atoms with E-state index in [0.29, 0.717) is 39.3 Å². The first-order valence-electron chi connectivity index (χ1n) is 8.12. The Hall–Kier alpha value is -1.63. The largest absolute Gasteiger partial charge is 0.445 e. The third-order valence-corrected chi connectivity index (χ3v) is 4.48. The maximum atomic E-state index is 12.3. The Morgan fingerprint density at radius 1 is 1.35 bits per heavy atom. The molecular weight excluding hydrogens is 296 g/mol. The molecule has 2 fully saturated rings. The molecule has 2 aliphatic rings. The molecule has 0 saturated carbocycles. The van der Waals surface area contributed by atoms with E-state index in [2.05, 4.69) is 5.32 Å². The van der Waals surface area contributed by atoms with E-state index < -0.39 is 5.79 Å². The van der Waals surface area contributed by atoms with E-state index in [1.807, 2.05) is 37.4 Å². The van der Waals surface area contributed by atoms with Gasteiger partial charge >= 0.3 is 6.09 Å². The predicted octanol–water partition coefficient (Wildman–Crippen LogP) is 1.61. The minimum absolute atomic E-state index is 0.105. The molecule has 1 unspecified atom stereocenters. The molecule has 3 rings (SSSR count). The molecule has 126 valence electrons. The van der Waals surface area contributed by atoms with Crippen LogP contribution in [0.25, 0.3) is 0 Å². The van der Waals surface area contributed by atoms with Crippen LogP contribution in [-0.4, -0.2) is 56.7 Å². The Labute approximate surface area is 136 Å². The van der Waals surface area contributed by atoms with Crippen molar-refractivity contribution in [1.82, 2.24) is 10.2 Å². The Bertz CT molecular complexity index is 517. The van der Waals surface area contributed by atoms with Gasteiger partial charge in [-0.1, -0.05) is 30.3 Å². The number of ether oxygens (including phenoxy) is 3. The average Bonchev–Trinajstić information content (AvgIpc) is 3.05. The van der Waals surface area contributed by atoms with Crippen LogP contribution in [-0.2, 0) is 20.8 Å². The summed E-state index contributed by atoms with van der Waals surface area (Å²) in [4.78, 5) is 14.1. The molecule has 2 aliphatic heterocycles. The number of piperidine rings is 1. The zero-order valence-electron chi connectivity index (χ0n) is 13.5. The fraction of sp³-hybridized carbons (Fsp3) is 0.588. The molecule has 1 aromatic carbocycles. The van der Waals surface area contributed by atoms with Gasteiger partial charge in [-0.05, 0) is 12.6 Å². The van der Waals surface area contributed by atoms with Crippen LogP contribution in [0.1, 0.15) is 12.0 Å². The van der Waals surface area contributed by atoms with Crippen molar-refractivity contribution in [3.8, 4) is 0 Å². The molecule has 2 heterocycles. The molecule has 0 bridgehead atoms. The lowest BCUT2D eigenvalue weighted by Crippen LogP contribution is -2.56. The first-order chi connectivity index (χ1) is 11.2. The van der Waals surface area contributed by atoms with Crippen LogP contribution in [0.3, 0.4) is 0 Å². The lowest BCUT2D eigenvalue weighted by atomic mass is 9.90. The summed E-state index contributed by atoms with van der Waals surface area (Å²) in [5.74, 6) is -0.438. The van der Waals surface area contributed by atoms with Crippen molar-refractivity contribution in [2.24, 2.45) is 5.92 Å². The summed E-state index contributed by atoms with van der Waals surface area (Å²) < 4.78 is 17.2. The fourth-order valence-corrected chi connectivity index (χ4v) is 3.28. The van der Waals surface area contributed by atoms with Crippen molar-refractivity contribution >= 4 is 6.09 Å². The maximum absolute atomic E-state index is 12.3. The summed E-state index contributed by atoms with van der Waals surface area (Å²) in [6.45, 7) is 3.45. The Morgan fingerprint density at radius 2 is 2.09 bits per heavy atom. The Morgan fingerprint density at radius 3 is 2.78 bits per heavy atom. The molecule has 1 atom stereocenters. The second kappa shape index (κ2) is 7.29. The van der Waals surface area contributed by atoms with Gasteiger partial charge in [0.05, 0.1) is 13.2 Å². The highest BCUT2D eigenvalue weighted by Gasteiger charge is 2.48. The van der Waals surface area contributed by atoms with Gasteiger partial charge in [0.25, 0.3) is 0 Å². The molecule has 0 radical (unpaired) electrons. The van der Waals surface area contributed by atoms with E-state index in [9.17, 15) is 4.79 Å². The van der Waals surface area contributed by atoms with Crippen LogP contribution in [0.4, 0.5) is 4.79 Å². The van der Waals surface area contributed by atoms with Gasteiger partial charge in [-0.25, -0.2) is 4.79 Å². The minimum atomic E-state index is -0.542. The number of benzene rings is 1. The van der Waals surface area contributed by atoms with Crippen LogP contribution in [0.2, 0.25) is 0 Å². The monoisotopic (exact) mass is 320 g/mol. The van der Waals surface area contributed by atoms with Gasteiger partial charge in [-0.3, -0.25) is 0 Å². The molecule has 0 aromatic heterocycles. The van der Waals surface area contributed by atoms with Crippen molar-refractivity contribution in [2.75, 3.05) is 39.9 Å². The molecule has 23 heavy (non-hydrogen) atoms. The van der Waals surface area contributed by atoms with Crippen molar-refractivity contribution in [1.29, 1.82) is 0 Å². The van der Waals surface area contributed by atoms with Crippen LogP contribution >= 0.6 is 0 Å². The second-order valence-corrected chi connectivity index (χ2v) is 6.00. The van der Waals surface area contributed by atoms with E-state index in [4.69, 9.17) is 14.2 Å². The summed E-state index contributed by atoms with van der Waals surface area (Å²) in [7, 11) is 1.90. The highest BCUT2D eigenvalue weighted by molar-refractivity contribution is 5.67. The van der Waals surface area contributed by atoms with Crippen molar-refractivity contribution in [3.63, 3.8) is 0 Å². The molecule has 1 spiro atoms. The van der Waals surface area contributed by atoms with Gasteiger partial charge < -0.3 is 24.4 Å². The quantitative estimate of drug-likeness (QED) is 0.913. The predicted molar refractivity (Wildman–Crippen MR) is 84.9 cm³/mol. The molecule has 2 saturated heterocycles. The number of rotatable bonds is 4. The number of hydrogen-bond donors (Lipinski definition) is 1. The lowest BCUT2D eigenvalue weighted by molar-refractivity contribution is -0.216. The Balaban J connectivity index is 1.57. The second-order valence-electron chi connectivity index (χ2n) is 6.00. The third-order valence-electron chi connectivity index (χ3n) is 4.48. The van der Waals surface area contributed by atoms with E-state index in [0.717, 1.165) is 12.1 Å². The van der Waals surface area contributed by atoms with Gasteiger partial charge in [-0.15, -0.1) is 0 Å². The van der Waals surface area contributed by atoms with Gasteiger partial charge in [-0.2, -0.15) is 0 Å². The van der Waals surface area contributed by atoms with Crippen LogP contribution in [0, 0.1) is 5.92 Å². The number of amides is 1. The molecule has 6 nitrogen and oxygen atoms in total. The molecule has 1 N–H and O–H groups in total. The molecule has 6 heteroatoms. The topological polar surface area (TPSA) is 60.0 Å². The zero-order valence-corrected chi connectivity index (χ0v) is 13.5. The van der Waals surface area contributed by atoms with Gasteiger partial charge in [0.15, 0.2) is 5.79 Å². The maximum Gasteiger partial charge on any atom is 0.410 e. The Kier molecular flexibility index (Phi) is 5.15. The normalized spacial score (nSPS) is 23.2. The molecule has 0 aliphatic carbocycles. The first-order valence-corrected chi connectivity index (χ1v) is 8.12. The number of nitrogens with one attached hydrogen (secondary N) is 1. The summed E-state index contributed by atoms with van der Waals surface area (Å²) in [5.41, 5.74) is 0.989. The highest BCUT2D eigenvalue weighted by Crippen LogP contribution is 2.36. The number of hydrogen-bond acceptors (Lipinski definition) is 5. The summed E-state index contributed by atoms with van der Waals surface area (Å²) in [6.07, 6.45) is 0.405. The van der Waals surface area contributed by atoms with E-state index in [-0.39, 0.29) is 12.0 Å². The van der Waals surface area contributed by atoms with Gasteiger partial charge in [0.1, 0.15) is 6.61 Å². The van der Waals surface area contributed by atoms with Gasteiger partial charge in [0, 0.05) is 32.0 Å². The number of likely N-dealkylation sites (tertiary alicyclic amines) is 1. The van der Waals surface area contributed by atoms with Crippen molar-refractivity contribution < 1.29 is 19.0 Å². The summed E-state index contributed by atoms with van der Waals surface area (Å²) >= 11 is 0. The molecule has 1 amide bonds. The summed E-state index contributed by atoms with van der Waals surface area (Å²) in [5, 5.41) is 3.17. The lowest BCUT2D eigenvalue weighted by Gasteiger charge is -2.43. The minimum Gasteiger partial charge on any atom is -0.445 e. The standard InChI is InChI=1S/C17H24N2O4/c1-18-11-15-12-19(8-7-17(15)22-9-10-23-17)16(20)21-13-14-5-3-2-4-6-14/h2-6,15,18H,7-13H2,1H3. The smallest absolute Gasteiger partial charge is 0.410 e. The highest BCUT2D eigenvalue weighted by atomic mass is 16.7. The number of carbonyl (C=O) groups is 1. The molecular formula is C17H24N2O4. The van der Waals surface area contributed by atoms with E-state index in [1.54, 1.807) is 4.90 Å². The van der Waals surface area contributed by atoms with E-state index in [1.165, 1.54) is 0 Å². The van der Waals surface area contributed by atoms with Gasteiger partial charge in [0.2, 0.25) is 0 Å². The number of carbonyl (C=O) groups excluding carboxylic acids is 1. The van der Waals surface area contributed by atoms with E-state index >= 15 is 0 Å². The molecule has 1 aromatic rings. The van der Waals surface area contributed by atoms with Crippen LogP contribution in [0.5, 0.6) is 0 Å². The van der Waals surface area contributed by atoms with Crippen molar-refractivity contribution in [2.45, 2.75) is 18.8 Å². The fourth-order valence-electron chi connectivity index (χ4n) is 3.28. The first kappa shape index (κ1) is 16.2. The van der Waals surface area contributed by atoms with Crippen LogP contribution in [0.15, 0.2) is 30.3 Å². The summed E-state index contributed by atoms with van der Waals surface area (Å²) in [6, 6.07) is 9.71.